The first-order valence-corrected chi connectivity index (χ1v) is 8.96. The Morgan fingerprint density at radius 2 is 1.96 bits per heavy atom. The normalized spacial score (nSPS) is 11.1. The van der Waals surface area contributed by atoms with Crippen LogP contribution in [-0.2, 0) is 16.1 Å². The summed E-state index contributed by atoms with van der Waals surface area (Å²) >= 11 is 1.60. The summed E-state index contributed by atoms with van der Waals surface area (Å²) in [5.41, 5.74) is 1.15. The third kappa shape index (κ3) is 4.21. The molecular formula is C20H14N2O4S. The maximum Gasteiger partial charge on any atom is 0.331 e. The highest BCUT2D eigenvalue weighted by atomic mass is 32.1. The topological polar surface area (TPSA) is 78.4 Å². The van der Waals surface area contributed by atoms with Gasteiger partial charge in [-0.15, -0.1) is 21.5 Å². The summed E-state index contributed by atoms with van der Waals surface area (Å²) in [7, 11) is 0. The lowest BCUT2D eigenvalue weighted by molar-refractivity contribution is -0.139. The van der Waals surface area contributed by atoms with Crippen LogP contribution in [0.25, 0.3) is 28.2 Å². The SMILES string of the molecule is O=C(/C=C/c1ccc(-c2ccccc2)s1)OCc1nnc(-c2ccco2)o1. The quantitative estimate of drug-likeness (QED) is 0.354. The van der Waals surface area contributed by atoms with Crippen LogP contribution in [0.3, 0.4) is 0 Å². The van der Waals surface area contributed by atoms with Crippen molar-refractivity contribution < 1.29 is 18.4 Å². The van der Waals surface area contributed by atoms with Crippen molar-refractivity contribution in [2.24, 2.45) is 0 Å². The molecule has 0 aliphatic heterocycles. The van der Waals surface area contributed by atoms with Crippen molar-refractivity contribution in [3.05, 3.63) is 77.7 Å². The number of thiophene rings is 1. The number of hydrogen-bond acceptors (Lipinski definition) is 7. The zero-order valence-corrected chi connectivity index (χ0v) is 14.9. The molecule has 134 valence electrons. The number of carbonyl (C=O) groups excluding carboxylic acids is 1. The van der Waals surface area contributed by atoms with Crippen LogP contribution in [0.5, 0.6) is 0 Å². The van der Waals surface area contributed by atoms with Crippen LogP contribution >= 0.6 is 11.3 Å². The summed E-state index contributed by atoms with van der Waals surface area (Å²) in [6, 6.07) is 17.5. The fraction of sp³-hybridized carbons (Fsp3) is 0.0500. The standard InChI is InChI=1S/C20H14N2O4S/c23-19(25-13-18-21-22-20(26-18)16-7-4-12-24-16)11-9-15-8-10-17(27-15)14-5-2-1-3-6-14/h1-12H,13H2/b11-9+. The molecule has 4 aromatic rings. The van der Waals surface area contributed by atoms with Crippen molar-refractivity contribution in [2.75, 3.05) is 0 Å². The third-order valence-electron chi connectivity index (χ3n) is 3.61. The fourth-order valence-electron chi connectivity index (χ4n) is 2.34. The number of carbonyl (C=O) groups is 1. The van der Waals surface area contributed by atoms with Gasteiger partial charge in [0.25, 0.3) is 11.8 Å². The lowest BCUT2D eigenvalue weighted by Gasteiger charge is -1.96. The smallest absolute Gasteiger partial charge is 0.331 e. The van der Waals surface area contributed by atoms with Gasteiger partial charge in [-0.25, -0.2) is 4.79 Å². The largest absolute Gasteiger partial charge is 0.459 e. The summed E-state index contributed by atoms with van der Waals surface area (Å²) in [5, 5.41) is 7.67. The van der Waals surface area contributed by atoms with Gasteiger partial charge in [0.15, 0.2) is 12.4 Å². The van der Waals surface area contributed by atoms with E-state index in [-0.39, 0.29) is 18.4 Å². The molecule has 0 aliphatic rings. The van der Waals surface area contributed by atoms with E-state index >= 15 is 0 Å². The summed E-state index contributed by atoms with van der Waals surface area (Å²) in [4.78, 5) is 14.0. The van der Waals surface area contributed by atoms with Crippen molar-refractivity contribution in [3.63, 3.8) is 0 Å². The summed E-state index contributed by atoms with van der Waals surface area (Å²) in [5.74, 6) is 0.425. The van der Waals surface area contributed by atoms with Crippen molar-refractivity contribution in [3.8, 4) is 22.1 Å². The van der Waals surface area contributed by atoms with Crippen molar-refractivity contribution in [1.29, 1.82) is 0 Å². The zero-order chi connectivity index (χ0) is 18.5. The molecule has 0 spiro atoms. The maximum absolute atomic E-state index is 11.9. The molecule has 1 aromatic carbocycles. The van der Waals surface area contributed by atoms with Crippen LogP contribution in [0.15, 0.2) is 75.8 Å². The second kappa shape index (κ2) is 7.84. The molecule has 27 heavy (non-hydrogen) atoms. The van der Waals surface area contributed by atoms with Gasteiger partial charge in [-0.3, -0.25) is 0 Å². The van der Waals surface area contributed by atoms with Gasteiger partial charge < -0.3 is 13.6 Å². The lowest BCUT2D eigenvalue weighted by Crippen LogP contribution is -2.00. The second-order valence-electron chi connectivity index (χ2n) is 5.49. The Balaban J connectivity index is 1.32. The van der Waals surface area contributed by atoms with Gasteiger partial charge in [0.2, 0.25) is 0 Å². The minimum Gasteiger partial charge on any atom is -0.459 e. The predicted molar refractivity (Wildman–Crippen MR) is 101 cm³/mol. The average Bonchev–Trinajstić information content (AvgIpc) is 3.47. The molecule has 0 fully saturated rings. The van der Waals surface area contributed by atoms with E-state index < -0.39 is 5.97 Å². The number of furan rings is 1. The van der Waals surface area contributed by atoms with Crippen molar-refractivity contribution >= 4 is 23.4 Å². The maximum atomic E-state index is 11.9. The Kier molecular flexibility index (Phi) is 4.93. The Hall–Kier alpha value is -3.45. The fourth-order valence-corrected chi connectivity index (χ4v) is 3.26. The molecular weight excluding hydrogens is 364 g/mol. The van der Waals surface area contributed by atoms with Gasteiger partial charge in [-0.1, -0.05) is 30.3 Å². The Bertz CT molecular complexity index is 1050. The van der Waals surface area contributed by atoms with Gasteiger partial charge in [0.1, 0.15) is 0 Å². The molecule has 0 N–H and O–H groups in total. The van der Waals surface area contributed by atoms with Crippen molar-refractivity contribution in [2.45, 2.75) is 6.61 Å². The molecule has 0 amide bonds. The number of aromatic nitrogens is 2. The number of esters is 1. The van der Waals surface area contributed by atoms with E-state index in [0.29, 0.717) is 5.76 Å². The first-order chi connectivity index (χ1) is 13.3. The van der Waals surface area contributed by atoms with Gasteiger partial charge in [0.05, 0.1) is 6.26 Å². The van der Waals surface area contributed by atoms with E-state index in [1.165, 1.54) is 12.3 Å². The second-order valence-corrected chi connectivity index (χ2v) is 6.60. The van der Waals surface area contributed by atoms with E-state index in [1.807, 2.05) is 30.3 Å². The molecule has 7 heteroatoms. The Morgan fingerprint density at radius 3 is 2.78 bits per heavy atom. The zero-order valence-electron chi connectivity index (χ0n) is 14.1. The van der Waals surface area contributed by atoms with Gasteiger partial charge in [-0.05, 0) is 35.9 Å². The molecule has 6 nitrogen and oxygen atoms in total. The van der Waals surface area contributed by atoms with E-state index in [1.54, 1.807) is 29.5 Å². The van der Waals surface area contributed by atoms with E-state index in [0.717, 1.165) is 15.3 Å². The average molecular weight is 378 g/mol. The monoisotopic (exact) mass is 378 g/mol. The summed E-state index contributed by atoms with van der Waals surface area (Å²) < 4.78 is 15.7. The predicted octanol–water partition coefficient (Wildman–Crippen LogP) is 4.81. The van der Waals surface area contributed by atoms with E-state index in [2.05, 4.69) is 22.3 Å². The molecule has 3 aromatic heterocycles. The van der Waals surface area contributed by atoms with Gasteiger partial charge >= 0.3 is 5.97 Å². The molecule has 0 bridgehead atoms. The molecule has 0 atom stereocenters. The lowest BCUT2D eigenvalue weighted by atomic mass is 10.2. The summed E-state index contributed by atoms with van der Waals surface area (Å²) in [6.45, 7) is -0.101. The number of ether oxygens (including phenoxy) is 1. The molecule has 4 rings (SSSR count). The number of rotatable bonds is 6. The first kappa shape index (κ1) is 17.0. The number of nitrogens with zero attached hydrogens (tertiary/aromatic N) is 2. The highest BCUT2D eigenvalue weighted by molar-refractivity contribution is 7.16. The minimum absolute atomic E-state index is 0.101. The highest BCUT2D eigenvalue weighted by Gasteiger charge is 2.12. The molecule has 0 unspecified atom stereocenters. The van der Waals surface area contributed by atoms with E-state index in [4.69, 9.17) is 13.6 Å². The number of hydrogen-bond donors (Lipinski definition) is 0. The van der Waals surface area contributed by atoms with Crippen LogP contribution in [0.1, 0.15) is 10.8 Å². The summed E-state index contributed by atoms with van der Waals surface area (Å²) in [6.07, 6.45) is 4.61. The molecule has 0 radical (unpaired) electrons. The molecule has 0 aliphatic carbocycles. The number of benzene rings is 1. The van der Waals surface area contributed by atoms with Gasteiger partial charge in [0, 0.05) is 15.8 Å². The van der Waals surface area contributed by atoms with Crippen LogP contribution in [-0.4, -0.2) is 16.2 Å². The minimum atomic E-state index is -0.484. The van der Waals surface area contributed by atoms with Crippen LogP contribution in [0, 0.1) is 0 Å². The van der Waals surface area contributed by atoms with Crippen molar-refractivity contribution in [1.82, 2.24) is 10.2 Å². The molecule has 0 saturated heterocycles. The Labute approximate surface area is 158 Å². The Morgan fingerprint density at radius 1 is 1.07 bits per heavy atom. The first-order valence-electron chi connectivity index (χ1n) is 8.14. The molecule has 0 saturated carbocycles. The van der Waals surface area contributed by atoms with Crippen LogP contribution in [0.4, 0.5) is 0 Å². The highest BCUT2D eigenvalue weighted by Crippen LogP contribution is 2.28. The van der Waals surface area contributed by atoms with Gasteiger partial charge in [-0.2, -0.15) is 0 Å². The molecule has 3 heterocycles. The van der Waals surface area contributed by atoms with E-state index in [9.17, 15) is 4.79 Å². The third-order valence-corrected chi connectivity index (χ3v) is 4.71. The van der Waals surface area contributed by atoms with Crippen LogP contribution < -0.4 is 0 Å². The van der Waals surface area contributed by atoms with Crippen LogP contribution in [0.2, 0.25) is 0 Å².